The maximum absolute atomic E-state index is 13.1. The molecule has 4 heterocycles. The molecule has 142 valence electrons. The van der Waals surface area contributed by atoms with E-state index in [1.54, 1.807) is 0 Å². The third kappa shape index (κ3) is 2.70. The summed E-state index contributed by atoms with van der Waals surface area (Å²) in [5.74, 6) is 0.997. The van der Waals surface area contributed by atoms with Crippen molar-refractivity contribution in [3.8, 4) is 11.3 Å². The minimum Gasteiger partial charge on any atom is -0.369 e. The predicted molar refractivity (Wildman–Crippen MR) is 102 cm³/mol. The van der Waals surface area contributed by atoms with Crippen molar-refractivity contribution in [2.24, 2.45) is 11.8 Å². The SMILES string of the molecule is CN(C)C[C@H]1[C@H]2CN(C(=O)c3cc(-c4ccccc4)n[nH]3)C[C@]23CC[C@H]1O3. The number of ether oxygens (including phenoxy) is 1. The third-order valence-electron chi connectivity index (χ3n) is 6.52. The lowest BCUT2D eigenvalue weighted by molar-refractivity contribution is 0.00250. The van der Waals surface area contributed by atoms with E-state index >= 15 is 0 Å². The molecule has 6 nitrogen and oxygen atoms in total. The summed E-state index contributed by atoms with van der Waals surface area (Å²) >= 11 is 0. The van der Waals surface area contributed by atoms with Gasteiger partial charge in [-0.05, 0) is 33.0 Å². The summed E-state index contributed by atoms with van der Waals surface area (Å²) in [4.78, 5) is 17.3. The molecule has 3 saturated heterocycles. The zero-order chi connectivity index (χ0) is 18.6. The molecule has 2 aromatic rings. The summed E-state index contributed by atoms with van der Waals surface area (Å²) in [6, 6.07) is 11.8. The summed E-state index contributed by atoms with van der Waals surface area (Å²) in [5, 5.41) is 7.28. The van der Waals surface area contributed by atoms with Crippen LogP contribution in [0.2, 0.25) is 0 Å². The number of nitrogens with one attached hydrogen (secondary N) is 1. The highest BCUT2D eigenvalue weighted by Gasteiger charge is 2.63. The molecule has 6 heteroatoms. The smallest absolute Gasteiger partial charge is 0.271 e. The Balaban J connectivity index is 1.35. The van der Waals surface area contributed by atoms with Crippen LogP contribution >= 0.6 is 0 Å². The van der Waals surface area contributed by atoms with Crippen molar-refractivity contribution < 1.29 is 9.53 Å². The van der Waals surface area contributed by atoms with Crippen molar-refractivity contribution in [1.29, 1.82) is 0 Å². The minimum absolute atomic E-state index is 0.0316. The van der Waals surface area contributed by atoms with Gasteiger partial charge in [0.05, 0.1) is 23.9 Å². The van der Waals surface area contributed by atoms with Crippen LogP contribution in [0, 0.1) is 11.8 Å². The van der Waals surface area contributed by atoms with Gasteiger partial charge < -0.3 is 14.5 Å². The molecule has 0 saturated carbocycles. The number of benzene rings is 1. The highest BCUT2D eigenvalue weighted by atomic mass is 16.5. The average molecular weight is 366 g/mol. The summed E-state index contributed by atoms with van der Waals surface area (Å²) in [7, 11) is 4.23. The third-order valence-corrected chi connectivity index (χ3v) is 6.52. The van der Waals surface area contributed by atoms with Crippen LogP contribution in [0.4, 0.5) is 0 Å². The average Bonchev–Trinajstić information content (AvgIpc) is 3.42. The zero-order valence-electron chi connectivity index (χ0n) is 15.9. The monoisotopic (exact) mass is 366 g/mol. The molecule has 27 heavy (non-hydrogen) atoms. The van der Waals surface area contributed by atoms with E-state index in [4.69, 9.17) is 4.74 Å². The van der Waals surface area contributed by atoms with Crippen molar-refractivity contribution in [1.82, 2.24) is 20.0 Å². The fourth-order valence-corrected chi connectivity index (χ4v) is 5.37. The van der Waals surface area contributed by atoms with E-state index in [0.717, 1.165) is 37.2 Å². The Labute approximate surface area is 159 Å². The summed E-state index contributed by atoms with van der Waals surface area (Å²) < 4.78 is 6.44. The van der Waals surface area contributed by atoms with Crippen LogP contribution in [0.5, 0.6) is 0 Å². The van der Waals surface area contributed by atoms with Crippen LogP contribution in [0.15, 0.2) is 36.4 Å². The van der Waals surface area contributed by atoms with Crippen molar-refractivity contribution in [2.45, 2.75) is 24.5 Å². The Morgan fingerprint density at radius 3 is 2.96 bits per heavy atom. The van der Waals surface area contributed by atoms with Crippen LogP contribution in [-0.2, 0) is 4.74 Å². The molecule has 0 radical (unpaired) electrons. The molecular weight excluding hydrogens is 340 g/mol. The van der Waals surface area contributed by atoms with Crippen LogP contribution in [0.3, 0.4) is 0 Å². The second kappa shape index (κ2) is 6.17. The van der Waals surface area contributed by atoms with Crippen LogP contribution in [-0.4, -0.2) is 71.3 Å². The first-order chi connectivity index (χ1) is 13.1. The standard InChI is InChI=1S/C21H26N4O2/c1-24(2)11-15-16-12-25(13-21(16)9-8-19(15)27-21)20(26)18-10-17(22-23-18)14-6-4-3-5-7-14/h3-7,10,15-16,19H,8-9,11-13H2,1-2H3,(H,22,23)/t15-,16+,19+,21+/m0/s1. The lowest BCUT2D eigenvalue weighted by Gasteiger charge is -2.30. The normalized spacial score (nSPS) is 31.7. The number of likely N-dealkylation sites (tertiary alicyclic amines) is 1. The van der Waals surface area contributed by atoms with E-state index in [1.807, 2.05) is 41.3 Å². The molecule has 1 aromatic carbocycles. The highest BCUT2D eigenvalue weighted by Crippen LogP contribution is 2.55. The Morgan fingerprint density at radius 2 is 2.19 bits per heavy atom. The molecule has 3 fully saturated rings. The molecule has 3 aliphatic rings. The zero-order valence-corrected chi connectivity index (χ0v) is 15.9. The molecule has 1 amide bonds. The van der Waals surface area contributed by atoms with Crippen molar-refractivity contribution in [3.05, 3.63) is 42.1 Å². The molecule has 5 rings (SSSR count). The van der Waals surface area contributed by atoms with E-state index in [9.17, 15) is 4.79 Å². The second-order valence-corrected chi connectivity index (χ2v) is 8.51. The van der Waals surface area contributed by atoms with E-state index in [2.05, 4.69) is 29.2 Å². The van der Waals surface area contributed by atoms with Crippen molar-refractivity contribution >= 4 is 5.91 Å². The van der Waals surface area contributed by atoms with E-state index in [-0.39, 0.29) is 11.5 Å². The Morgan fingerprint density at radius 1 is 1.37 bits per heavy atom. The van der Waals surface area contributed by atoms with Crippen LogP contribution in [0.25, 0.3) is 11.3 Å². The summed E-state index contributed by atoms with van der Waals surface area (Å²) in [5.41, 5.74) is 2.25. The van der Waals surface area contributed by atoms with Crippen molar-refractivity contribution in [2.75, 3.05) is 33.7 Å². The van der Waals surface area contributed by atoms with Gasteiger partial charge in [-0.2, -0.15) is 5.10 Å². The molecule has 1 N–H and O–H groups in total. The van der Waals surface area contributed by atoms with Gasteiger partial charge in [-0.3, -0.25) is 9.89 Å². The van der Waals surface area contributed by atoms with E-state index < -0.39 is 0 Å². The number of nitrogens with zero attached hydrogens (tertiary/aromatic N) is 3. The number of aromatic nitrogens is 2. The molecule has 0 unspecified atom stereocenters. The van der Waals surface area contributed by atoms with Gasteiger partial charge in [0, 0.05) is 30.5 Å². The number of fused-ring (bicyclic) bond motifs is 1. The highest BCUT2D eigenvalue weighted by molar-refractivity contribution is 5.93. The van der Waals surface area contributed by atoms with Crippen LogP contribution in [0.1, 0.15) is 23.3 Å². The van der Waals surface area contributed by atoms with Gasteiger partial charge in [-0.25, -0.2) is 0 Å². The van der Waals surface area contributed by atoms with Gasteiger partial charge in [0.1, 0.15) is 5.69 Å². The first kappa shape index (κ1) is 17.0. The lowest BCUT2D eigenvalue weighted by atomic mass is 9.73. The number of rotatable bonds is 4. The van der Waals surface area contributed by atoms with Gasteiger partial charge in [0.15, 0.2) is 0 Å². The molecule has 2 bridgehead atoms. The summed E-state index contributed by atoms with van der Waals surface area (Å²) in [6.07, 6.45) is 2.57. The summed E-state index contributed by atoms with van der Waals surface area (Å²) in [6.45, 7) is 2.52. The minimum atomic E-state index is -0.122. The number of carbonyl (C=O) groups excluding carboxylic acids is 1. The molecule has 0 aliphatic carbocycles. The quantitative estimate of drug-likeness (QED) is 0.902. The molecule has 3 aliphatic heterocycles. The van der Waals surface area contributed by atoms with Gasteiger partial charge in [0.25, 0.3) is 5.91 Å². The fraction of sp³-hybridized carbons (Fsp3) is 0.524. The molecular formula is C21H26N4O2. The van der Waals surface area contributed by atoms with Gasteiger partial charge in [-0.15, -0.1) is 0 Å². The number of aromatic amines is 1. The Hall–Kier alpha value is -2.18. The first-order valence-corrected chi connectivity index (χ1v) is 9.78. The Kier molecular flexibility index (Phi) is 3.88. The number of carbonyl (C=O) groups is 1. The van der Waals surface area contributed by atoms with E-state index in [1.165, 1.54) is 0 Å². The first-order valence-electron chi connectivity index (χ1n) is 9.78. The number of H-pyrrole nitrogens is 1. The fourth-order valence-electron chi connectivity index (χ4n) is 5.37. The number of hydrogen-bond acceptors (Lipinski definition) is 4. The van der Waals surface area contributed by atoms with Crippen LogP contribution < -0.4 is 0 Å². The van der Waals surface area contributed by atoms with Gasteiger partial charge in [-0.1, -0.05) is 30.3 Å². The molecule has 1 aromatic heterocycles. The Bertz CT molecular complexity index is 849. The van der Waals surface area contributed by atoms with E-state index in [0.29, 0.717) is 30.2 Å². The van der Waals surface area contributed by atoms with Gasteiger partial charge in [0.2, 0.25) is 0 Å². The number of hydrogen-bond donors (Lipinski definition) is 1. The second-order valence-electron chi connectivity index (χ2n) is 8.51. The van der Waals surface area contributed by atoms with Gasteiger partial charge >= 0.3 is 0 Å². The lowest BCUT2D eigenvalue weighted by Crippen LogP contribution is -2.40. The number of amides is 1. The maximum atomic E-state index is 13.1. The maximum Gasteiger partial charge on any atom is 0.271 e. The topological polar surface area (TPSA) is 61.5 Å². The van der Waals surface area contributed by atoms with Crippen molar-refractivity contribution in [3.63, 3.8) is 0 Å². The molecule has 1 spiro atoms. The largest absolute Gasteiger partial charge is 0.369 e. The predicted octanol–water partition coefficient (Wildman–Crippen LogP) is 2.26. The molecule has 4 atom stereocenters.